The minimum atomic E-state index is -0.422. The van der Waals surface area contributed by atoms with Crippen LogP contribution in [0, 0.1) is 0 Å². The molecule has 1 aromatic carbocycles. The van der Waals surface area contributed by atoms with E-state index in [2.05, 4.69) is 5.32 Å². The van der Waals surface area contributed by atoms with E-state index in [1.54, 1.807) is 12.1 Å². The maximum atomic E-state index is 12.2. The van der Waals surface area contributed by atoms with Gasteiger partial charge in [0.2, 0.25) is 0 Å². The summed E-state index contributed by atoms with van der Waals surface area (Å²) in [4.78, 5) is 12.2. The van der Waals surface area contributed by atoms with E-state index in [9.17, 15) is 4.79 Å². The highest BCUT2D eigenvalue weighted by Gasteiger charge is 2.30. The van der Waals surface area contributed by atoms with Crippen molar-refractivity contribution in [2.45, 2.75) is 31.5 Å². The number of rotatable bonds is 3. The zero-order chi connectivity index (χ0) is 14.7. The van der Waals surface area contributed by atoms with Gasteiger partial charge in [0.05, 0.1) is 19.3 Å². The molecule has 0 radical (unpaired) electrons. The van der Waals surface area contributed by atoms with Gasteiger partial charge in [-0.15, -0.1) is 0 Å². The normalized spacial score (nSPS) is 24.4. The van der Waals surface area contributed by atoms with Crippen LogP contribution in [0.15, 0.2) is 18.2 Å². The number of hydrogen-bond donors (Lipinski definition) is 2. The quantitative estimate of drug-likeness (QED) is 0.877. The van der Waals surface area contributed by atoms with Crippen molar-refractivity contribution in [1.29, 1.82) is 0 Å². The lowest BCUT2D eigenvalue weighted by Gasteiger charge is -2.14. The van der Waals surface area contributed by atoms with Crippen LogP contribution < -0.4 is 20.5 Å². The van der Waals surface area contributed by atoms with Crippen molar-refractivity contribution in [3.63, 3.8) is 0 Å². The summed E-state index contributed by atoms with van der Waals surface area (Å²) in [6, 6.07) is 5.41. The molecule has 0 saturated carbocycles. The number of nitrogens with two attached hydrogens (primary N) is 1. The third-order valence-corrected chi connectivity index (χ3v) is 3.68. The van der Waals surface area contributed by atoms with Crippen molar-refractivity contribution in [2.24, 2.45) is 5.73 Å². The predicted molar refractivity (Wildman–Crippen MR) is 77.6 cm³/mol. The lowest BCUT2D eigenvalue weighted by Crippen LogP contribution is -2.29. The molecule has 1 amide bonds. The van der Waals surface area contributed by atoms with Crippen LogP contribution in [0.1, 0.15) is 19.3 Å². The van der Waals surface area contributed by atoms with Crippen molar-refractivity contribution in [2.75, 3.05) is 25.1 Å². The topological polar surface area (TPSA) is 82.8 Å². The number of fused-ring (bicyclic) bond motifs is 1. The van der Waals surface area contributed by atoms with Gasteiger partial charge in [0.1, 0.15) is 6.10 Å². The molecule has 2 aliphatic heterocycles. The molecule has 2 unspecified atom stereocenters. The van der Waals surface area contributed by atoms with Gasteiger partial charge in [-0.1, -0.05) is 0 Å². The summed E-state index contributed by atoms with van der Waals surface area (Å²) < 4.78 is 16.8. The molecule has 0 aliphatic carbocycles. The van der Waals surface area contributed by atoms with Crippen molar-refractivity contribution >= 4 is 11.6 Å². The number of carbonyl (C=O) groups is 1. The zero-order valence-corrected chi connectivity index (χ0v) is 11.8. The summed E-state index contributed by atoms with van der Waals surface area (Å²) in [5.74, 6) is 1.24. The Morgan fingerprint density at radius 1 is 1.24 bits per heavy atom. The highest BCUT2D eigenvalue weighted by Crippen LogP contribution is 2.32. The van der Waals surface area contributed by atoms with E-state index in [0.717, 1.165) is 12.8 Å². The maximum absolute atomic E-state index is 12.2. The molecule has 1 aromatic rings. The number of benzene rings is 1. The van der Waals surface area contributed by atoms with Gasteiger partial charge in [0.25, 0.3) is 5.91 Å². The number of amides is 1. The van der Waals surface area contributed by atoms with Crippen molar-refractivity contribution in [3.8, 4) is 11.5 Å². The number of anilines is 1. The summed E-state index contributed by atoms with van der Waals surface area (Å²) in [6.45, 7) is 1.72. The van der Waals surface area contributed by atoms with Crippen molar-refractivity contribution in [3.05, 3.63) is 18.2 Å². The van der Waals surface area contributed by atoms with E-state index >= 15 is 0 Å². The molecule has 6 nitrogen and oxygen atoms in total. The predicted octanol–water partition coefficient (Wildman–Crippen LogP) is 1.29. The molecule has 3 rings (SSSR count). The molecule has 0 aromatic heterocycles. The van der Waals surface area contributed by atoms with Crippen LogP contribution in [-0.4, -0.2) is 37.9 Å². The van der Waals surface area contributed by atoms with Gasteiger partial charge in [-0.05, 0) is 25.0 Å². The highest BCUT2D eigenvalue weighted by atomic mass is 16.5. The molecule has 114 valence electrons. The first-order valence-corrected chi connectivity index (χ1v) is 7.32. The monoisotopic (exact) mass is 292 g/mol. The Kier molecular flexibility index (Phi) is 4.26. The molecule has 2 heterocycles. The largest absolute Gasteiger partial charge is 0.490 e. The van der Waals surface area contributed by atoms with Crippen LogP contribution in [0.3, 0.4) is 0 Å². The minimum absolute atomic E-state index is 0.00970. The second kappa shape index (κ2) is 6.32. The molecule has 1 saturated heterocycles. The standard InChI is InChI=1S/C15H20N2O4/c16-9-11-3-5-13(21-11)15(18)17-10-2-4-12-14(8-10)20-7-1-6-19-12/h2,4,8,11,13H,1,3,5-7,9,16H2,(H,17,18). The van der Waals surface area contributed by atoms with Gasteiger partial charge < -0.3 is 25.3 Å². The second-order valence-electron chi connectivity index (χ2n) is 5.26. The smallest absolute Gasteiger partial charge is 0.253 e. The Morgan fingerprint density at radius 3 is 2.81 bits per heavy atom. The third kappa shape index (κ3) is 3.28. The SMILES string of the molecule is NCC1CCC(C(=O)Nc2ccc3c(c2)OCCCO3)O1. The molecule has 2 atom stereocenters. The average molecular weight is 292 g/mol. The van der Waals surface area contributed by atoms with Gasteiger partial charge in [-0.25, -0.2) is 0 Å². The Labute approximate surface area is 123 Å². The van der Waals surface area contributed by atoms with Crippen molar-refractivity contribution < 1.29 is 19.0 Å². The number of nitrogens with one attached hydrogen (secondary N) is 1. The molecule has 6 heteroatoms. The minimum Gasteiger partial charge on any atom is -0.490 e. The number of hydrogen-bond acceptors (Lipinski definition) is 5. The first-order valence-electron chi connectivity index (χ1n) is 7.32. The summed E-state index contributed by atoms with van der Waals surface area (Å²) in [5.41, 5.74) is 6.24. The van der Waals surface area contributed by atoms with E-state index in [1.807, 2.05) is 6.07 Å². The summed E-state index contributed by atoms with van der Waals surface area (Å²) in [5, 5.41) is 2.86. The van der Waals surface area contributed by atoms with Crippen LogP contribution in [0.5, 0.6) is 11.5 Å². The Balaban J connectivity index is 1.65. The Hall–Kier alpha value is -1.79. The van der Waals surface area contributed by atoms with Gasteiger partial charge in [-0.2, -0.15) is 0 Å². The van der Waals surface area contributed by atoms with Gasteiger partial charge >= 0.3 is 0 Å². The third-order valence-electron chi connectivity index (χ3n) is 3.68. The fourth-order valence-corrected chi connectivity index (χ4v) is 2.54. The number of ether oxygens (including phenoxy) is 3. The van der Waals surface area contributed by atoms with Crippen molar-refractivity contribution in [1.82, 2.24) is 0 Å². The Morgan fingerprint density at radius 2 is 2.05 bits per heavy atom. The van der Waals surface area contributed by atoms with E-state index in [4.69, 9.17) is 19.9 Å². The lowest BCUT2D eigenvalue weighted by atomic mass is 10.2. The summed E-state index contributed by atoms with van der Waals surface area (Å²) >= 11 is 0. The fraction of sp³-hybridized carbons (Fsp3) is 0.533. The Bertz CT molecular complexity index is 520. The van der Waals surface area contributed by atoms with E-state index in [-0.39, 0.29) is 12.0 Å². The van der Waals surface area contributed by atoms with Crippen LogP contribution in [0.4, 0.5) is 5.69 Å². The average Bonchev–Trinajstić information content (AvgIpc) is 2.86. The fourth-order valence-electron chi connectivity index (χ4n) is 2.54. The van der Waals surface area contributed by atoms with Crippen LogP contribution >= 0.6 is 0 Å². The lowest BCUT2D eigenvalue weighted by molar-refractivity contribution is -0.126. The van der Waals surface area contributed by atoms with Crippen LogP contribution in [0.25, 0.3) is 0 Å². The first-order chi connectivity index (χ1) is 10.3. The zero-order valence-electron chi connectivity index (χ0n) is 11.8. The molecule has 0 spiro atoms. The van der Waals surface area contributed by atoms with E-state index < -0.39 is 6.10 Å². The molecule has 21 heavy (non-hydrogen) atoms. The molecular weight excluding hydrogens is 272 g/mol. The molecule has 3 N–H and O–H groups in total. The second-order valence-corrected chi connectivity index (χ2v) is 5.26. The molecule has 1 fully saturated rings. The summed E-state index contributed by atoms with van der Waals surface area (Å²) in [6.07, 6.45) is 1.96. The summed E-state index contributed by atoms with van der Waals surface area (Å²) in [7, 11) is 0. The molecular formula is C15H20N2O4. The first kappa shape index (κ1) is 14.2. The number of carbonyl (C=O) groups excluding carboxylic acids is 1. The van der Waals surface area contributed by atoms with E-state index in [1.165, 1.54) is 0 Å². The van der Waals surface area contributed by atoms with Crippen LogP contribution in [0.2, 0.25) is 0 Å². The molecule has 0 bridgehead atoms. The highest BCUT2D eigenvalue weighted by molar-refractivity contribution is 5.94. The maximum Gasteiger partial charge on any atom is 0.253 e. The van der Waals surface area contributed by atoms with Gasteiger partial charge in [-0.3, -0.25) is 4.79 Å². The van der Waals surface area contributed by atoms with Gasteiger partial charge in [0.15, 0.2) is 11.5 Å². The molecule has 2 aliphatic rings. The van der Waals surface area contributed by atoms with Crippen LogP contribution in [-0.2, 0) is 9.53 Å². The van der Waals surface area contributed by atoms with Gasteiger partial charge in [0, 0.05) is 24.7 Å². The van der Waals surface area contributed by atoms with E-state index in [0.29, 0.717) is 43.4 Å².